The maximum absolute atomic E-state index is 12.8. The predicted octanol–water partition coefficient (Wildman–Crippen LogP) is 3.22. The Bertz CT molecular complexity index is 654. The highest BCUT2D eigenvalue weighted by Gasteiger charge is 2.29. The molecule has 1 atom stereocenters. The van der Waals surface area contributed by atoms with Crippen LogP contribution in [0.5, 0.6) is 0 Å². The molecule has 0 unspecified atom stereocenters. The highest BCUT2D eigenvalue weighted by atomic mass is 19.1. The fourth-order valence-electron chi connectivity index (χ4n) is 2.78. The smallest absolute Gasteiger partial charge is 0.246 e. The topological polar surface area (TPSA) is 32.3 Å². The van der Waals surface area contributed by atoms with Gasteiger partial charge in [-0.2, -0.15) is 0 Å². The lowest BCUT2D eigenvalue weighted by Crippen LogP contribution is -2.39. The van der Waals surface area contributed by atoms with Crippen molar-refractivity contribution in [1.82, 2.24) is 0 Å². The van der Waals surface area contributed by atoms with E-state index in [2.05, 4.69) is 18.3 Å². The molecule has 21 heavy (non-hydrogen) atoms. The van der Waals surface area contributed by atoms with Crippen molar-refractivity contribution in [3.63, 3.8) is 0 Å². The van der Waals surface area contributed by atoms with E-state index in [9.17, 15) is 9.18 Å². The number of rotatable bonds is 3. The van der Waals surface area contributed by atoms with Gasteiger partial charge in [-0.25, -0.2) is 4.39 Å². The maximum atomic E-state index is 12.8. The van der Waals surface area contributed by atoms with E-state index in [4.69, 9.17) is 0 Å². The van der Waals surface area contributed by atoms with Crippen molar-refractivity contribution in [3.8, 4) is 0 Å². The van der Waals surface area contributed by atoms with E-state index in [1.54, 1.807) is 12.1 Å². The SMILES string of the molecule is C[C@@H]1Cc2ccccc2N1C(=O)CNc1ccc(F)cc1. The number of halogens is 1. The van der Waals surface area contributed by atoms with Gasteiger partial charge in [0.25, 0.3) is 0 Å². The first kappa shape index (κ1) is 13.6. The van der Waals surface area contributed by atoms with E-state index in [0.717, 1.165) is 17.8 Å². The molecule has 1 heterocycles. The van der Waals surface area contributed by atoms with Gasteiger partial charge in [0.1, 0.15) is 5.82 Å². The molecular formula is C17H17FN2O. The largest absolute Gasteiger partial charge is 0.376 e. The summed E-state index contributed by atoms with van der Waals surface area (Å²) in [7, 11) is 0. The minimum absolute atomic E-state index is 0.0248. The molecule has 0 saturated heterocycles. The molecule has 1 amide bonds. The summed E-state index contributed by atoms with van der Waals surface area (Å²) in [5, 5.41) is 3.04. The lowest BCUT2D eigenvalue weighted by Gasteiger charge is -2.23. The summed E-state index contributed by atoms with van der Waals surface area (Å²) in [5.41, 5.74) is 2.95. The summed E-state index contributed by atoms with van der Waals surface area (Å²) in [6, 6.07) is 14.2. The summed E-state index contributed by atoms with van der Waals surface area (Å²) < 4.78 is 12.8. The zero-order chi connectivity index (χ0) is 14.8. The van der Waals surface area contributed by atoms with Crippen LogP contribution < -0.4 is 10.2 Å². The first-order valence-electron chi connectivity index (χ1n) is 7.04. The summed E-state index contributed by atoms with van der Waals surface area (Å²) in [6.45, 7) is 2.25. The molecule has 0 bridgehead atoms. The van der Waals surface area contributed by atoms with Crippen LogP contribution in [0.4, 0.5) is 15.8 Å². The maximum Gasteiger partial charge on any atom is 0.246 e. The van der Waals surface area contributed by atoms with Gasteiger partial charge in [-0.1, -0.05) is 18.2 Å². The van der Waals surface area contributed by atoms with Crippen LogP contribution in [-0.2, 0) is 11.2 Å². The molecule has 0 aliphatic carbocycles. The van der Waals surface area contributed by atoms with E-state index in [-0.39, 0.29) is 24.3 Å². The fourth-order valence-corrected chi connectivity index (χ4v) is 2.78. The molecule has 4 heteroatoms. The first-order chi connectivity index (χ1) is 10.1. The molecule has 0 spiro atoms. The Balaban J connectivity index is 1.70. The van der Waals surface area contributed by atoms with Gasteiger partial charge in [0.05, 0.1) is 6.54 Å². The minimum atomic E-state index is -0.283. The van der Waals surface area contributed by atoms with Gasteiger partial charge < -0.3 is 10.2 Å². The molecule has 3 rings (SSSR count). The lowest BCUT2D eigenvalue weighted by molar-refractivity contribution is -0.117. The average molecular weight is 284 g/mol. The fraction of sp³-hybridized carbons (Fsp3) is 0.235. The Hall–Kier alpha value is -2.36. The number of carbonyl (C=O) groups excluding carboxylic acids is 1. The Morgan fingerprint density at radius 3 is 2.71 bits per heavy atom. The van der Waals surface area contributed by atoms with Crippen molar-refractivity contribution in [2.45, 2.75) is 19.4 Å². The summed E-state index contributed by atoms with van der Waals surface area (Å²) in [4.78, 5) is 14.3. The molecule has 1 N–H and O–H groups in total. The van der Waals surface area contributed by atoms with Crippen molar-refractivity contribution < 1.29 is 9.18 Å². The Labute approximate surface area is 123 Å². The van der Waals surface area contributed by atoms with Crippen LogP contribution >= 0.6 is 0 Å². The van der Waals surface area contributed by atoms with Crippen molar-refractivity contribution in [3.05, 3.63) is 59.9 Å². The second kappa shape index (κ2) is 5.56. The Morgan fingerprint density at radius 2 is 1.95 bits per heavy atom. The third kappa shape index (κ3) is 2.75. The second-order valence-corrected chi connectivity index (χ2v) is 5.31. The number of nitrogens with zero attached hydrogens (tertiary/aromatic N) is 1. The van der Waals surface area contributed by atoms with Crippen molar-refractivity contribution in [2.24, 2.45) is 0 Å². The molecule has 1 aliphatic heterocycles. The van der Waals surface area contributed by atoms with Gasteiger partial charge in [-0.3, -0.25) is 4.79 Å². The van der Waals surface area contributed by atoms with E-state index in [1.165, 1.54) is 17.7 Å². The monoisotopic (exact) mass is 284 g/mol. The molecule has 3 nitrogen and oxygen atoms in total. The number of hydrogen-bond acceptors (Lipinski definition) is 2. The third-order valence-electron chi connectivity index (χ3n) is 3.76. The number of hydrogen-bond donors (Lipinski definition) is 1. The van der Waals surface area contributed by atoms with Crippen LogP contribution in [0.2, 0.25) is 0 Å². The van der Waals surface area contributed by atoms with Crippen LogP contribution in [0.3, 0.4) is 0 Å². The highest BCUT2D eigenvalue weighted by molar-refractivity contribution is 5.98. The van der Waals surface area contributed by atoms with Gasteiger partial charge in [-0.05, 0) is 49.2 Å². The number of para-hydroxylation sites is 1. The molecule has 0 radical (unpaired) electrons. The van der Waals surface area contributed by atoms with Crippen molar-refractivity contribution in [2.75, 3.05) is 16.8 Å². The number of anilines is 2. The number of fused-ring (bicyclic) bond motifs is 1. The van der Waals surface area contributed by atoms with Crippen LogP contribution in [0.1, 0.15) is 12.5 Å². The molecule has 0 aromatic heterocycles. The molecular weight excluding hydrogens is 267 g/mol. The average Bonchev–Trinajstić information content (AvgIpc) is 2.82. The van der Waals surface area contributed by atoms with Gasteiger partial charge in [-0.15, -0.1) is 0 Å². The first-order valence-corrected chi connectivity index (χ1v) is 7.04. The summed E-state index contributed by atoms with van der Waals surface area (Å²) in [6.07, 6.45) is 0.887. The molecule has 1 aliphatic rings. The number of benzene rings is 2. The molecule has 2 aromatic carbocycles. The van der Waals surface area contributed by atoms with Crippen molar-refractivity contribution >= 4 is 17.3 Å². The quantitative estimate of drug-likeness (QED) is 0.938. The molecule has 0 saturated carbocycles. The van der Waals surface area contributed by atoms with E-state index < -0.39 is 0 Å². The zero-order valence-corrected chi connectivity index (χ0v) is 11.8. The molecule has 2 aromatic rings. The van der Waals surface area contributed by atoms with E-state index in [1.807, 2.05) is 23.1 Å². The van der Waals surface area contributed by atoms with Gasteiger partial charge in [0.15, 0.2) is 0 Å². The predicted molar refractivity (Wildman–Crippen MR) is 82.0 cm³/mol. The lowest BCUT2D eigenvalue weighted by atomic mass is 10.1. The Morgan fingerprint density at radius 1 is 1.24 bits per heavy atom. The minimum Gasteiger partial charge on any atom is -0.376 e. The van der Waals surface area contributed by atoms with Gasteiger partial charge in [0.2, 0.25) is 5.91 Å². The van der Waals surface area contributed by atoms with Gasteiger partial charge in [0, 0.05) is 17.4 Å². The number of amides is 1. The summed E-state index contributed by atoms with van der Waals surface area (Å²) >= 11 is 0. The standard InChI is InChI=1S/C17H17FN2O/c1-12-10-13-4-2-3-5-16(13)20(12)17(21)11-19-15-8-6-14(18)7-9-15/h2-9,12,19H,10-11H2,1H3/t12-/m1/s1. The molecule has 108 valence electrons. The van der Waals surface area contributed by atoms with E-state index in [0.29, 0.717) is 0 Å². The zero-order valence-electron chi connectivity index (χ0n) is 11.8. The van der Waals surface area contributed by atoms with E-state index >= 15 is 0 Å². The normalized spacial score (nSPS) is 16.7. The van der Waals surface area contributed by atoms with Crippen LogP contribution in [-0.4, -0.2) is 18.5 Å². The van der Waals surface area contributed by atoms with Crippen LogP contribution in [0.15, 0.2) is 48.5 Å². The highest BCUT2D eigenvalue weighted by Crippen LogP contribution is 2.31. The Kier molecular flexibility index (Phi) is 3.60. The second-order valence-electron chi connectivity index (χ2n) is 5.31. The molecule has 0 fully saturated rings. The number of nitrogens with one attached hydrogen (secondary N) is 1. The summed E-state index contributed by atoms with van der Waals surface area (Å²) in [5.74, 6) is -0.259. The van der Waals surface area contributed by atoms with Crippen LogP contribution in [0.25, 0.3) is 0 Å². The van der Waals surface area contributed by atoms with Gasteiger partial charge >= 0.3 is 0 Å². The number of carbonyl (C=O) groups is 1. The third-order valence-corrected chi connectivity index (χ3v) is 3.76. The van der Waals surface area contributed by atoms with Crippen molar-refractivity contribution in [1.29, 1.82) is 0 Å². The van der Waals surface area contributed by atoms with Crippen LogP contribution in [0, 0.1) is 5.82 Å².